The van der Waals surface area contributed by atoms with Crippen molar-refractivity contribution in [1.82, 2.24) is 4.90 Å². The van der Waals surface area contributed by atoms with E-state index in [4.69, 9.17) is 10.5 Å². The first-order valence-electron chi connectivity index (χ1n) is 3.72. The van der Waals surface area contributed by atoms with Gasteiger partial charge in [-0.2, -0.15) is 0 Å². The number of rotatable bonds is 2. The Morgan fingerprint density at radius 2 is 2.17 bits per heavy atom. The zero-order valence-corrected chi connectivity index (χ0v) is 7.37. The zero-order valence-electron chi connectivity index (χ0n) is 7.37. The number of carbonyl (C=O) groups is 1. The number of nitrogens with zero attached hydrogens (tertiary/aromatic N) is 1. The van der Waals surface area contributed by atoms with E-state index in [0.717, 1.165) is 0 Å². The number of amides is 1. The van der Waals surface area contributed by atoms with E-state index in [9.17, 15) is 4.79 Å². The quantitative estimate of drug-likeness (QED) is 0.608. The van der Waals surface area contributed by atoms with Crippen LogP contribution >= 0.6 is 0 Å². The molecule has 1 fully saturated rings. The molecule has 0 aromatic heterocycles. The minimum atomic E-state index is -0.372. The number of methoxy groups -OCH3 is 2. The van der Waals surface area contributed by atoms with E-state index in [1.54, 1.807) is 12.0 Å². The van der Waals surface area contributed by atoms with Crippen LogP contribution in [0, 0.1) is 0 Å². The second-order valence-electron chi connectivity index (χ2n) is 3.12. The number of nitrogens with two attached hydrogens (primary N) is 1. The molecule has 1 saturated heterocycles. The first kappa shape index (κ1) is 9.28. The van der Waals surface area contributed by atoms with Crippen LogP contribution in [0.25, 0.3) is 0 Å². The minimum absolute atomic E-state index is 0.327. The number of hydrogen-bond acceptors (Lipinski definition) is 4. The number of carbonyl (C=O) groups excluding carboxylic acids is 1. The van der Waals surface area contributed by atoms with E-state index in [-0.39, 0.29) is 11.6 Å². The van der Waals surface area contributed by atoms with Crippen LogP contribution in [0.5, 0.6) is 0 Å². The van der Waals surface area contributed by atoms with Crippen molar-refractivity contribution in [3.63, 3.8) is 0 Å². The molecule has 0 aromatic carbocycles. The number of ether oxygens (including phenoxy) is 2. The summed E-state index contributed by atoms with van der Waals surface area (Å²) in [4.78, 5) is 12.4. The smallest absolute Gasteiger partial charge is 0.409 e. The first-order valence-corrected chi connectivity index (χ1v) is 3.72. The first-order chi connectivity index (χ1) is 5.61. The van der Waals surface area contributed by atoms with Crippen molar-refractivity contribution in [3.05, 3.63) is 0 Å². The molecule has 5 nitrogen and oxygen atoms in total. The summed E-state index contributed by atoms with van der Waals surface area (Å²) in [7, 11) is 2.95. The number of hydrogen-bond donors (Lipinski definition) is 1. The van der Waals surface area contributed by atoms with Crippen LogP contribution in [-0.2, 0) is 9.47 Å². The van der Waals surface area contributed by atoms with E-state index >= 15 is 0 Å². The molecule has 0 atom stereocenters. The fourth-order valence-corrected chi connectivity index (χ4v) is 1.35. The van der Waals surface area contributed by atoms with Gasteiger partial charge in [-0.05, 0) is 0 Å². The van der Waals surface area contributed by atoms with Gasteiger partial charge in [0.05, 0.1) is 19.3 Å². The summed E-state index contributed by atoms with van der Waals surface area (Å²) in [6.07, 6.45) is -0.327. The third-order valence-corrected chi connectivity index (χ3v) is 1.88. The average Bonchev–Trinajstić information content (AvgIpc) is 1.99. The molecule has 1 rings (SSSR count). The molecule has 12 heavy (non-hydrogen) atoms. The van der Waals surface area contributed by atoms with Crippen LogP contribution in [0.15, 0.2) is 0 Å². The third-order valence-electron chi connectivity index (χ3n) is 1.88. The van der Waals surface area contributed by atoms with Crippen molar-refractivity contribution < 1.29 is 14.3 Å². The highest BCUT2D eigenvalue weighted by atomic mass is 16.5. The Kier molecular flexibility index (Phi) is 2.54. The third kappa shape index (κ3) is 1.67. The monoisotopic (exact) mass is 174 g/mol. The molecular formula is C7H14N2O3. The molecule has 0 aliphatic carbocycles. The molecule has 1 amide bonds. The Morgan fingerprint density at radius 1 is 1.58 bits per heavy atom. The van der Waals surface area contributed by atoms with Crippen molar-refractivity contribution in [2.45, 2.75) is 5.54 Å². The lowest BCUT2D eigenvalue weighted by Gasteiger charge is -2.45. The molecule has 1 aliphatic rings. The van der Waals surface area contributed by atoms with E-state index in [1.165, 1.54) is 7.11 Å². The highest BCUT2D eigenvalue weighted by molar-refractivity contribution is 5.69. The Bertz CT molecular complexity index is 177. The molecule has 2 N–H and O–H groups in total. The molecule has 0 saturated carbocycles. The van der Waals surface area contributed by atoms with Crippen molar-refractivity contribution in [2.75, 3.05) is 33.9 Å². The normalized spacial score (nSPS) is 20.1. The van der Waals surface area contributed by atoms with Gasteiger partial charge in [-0.1, -0.05) is 0 Å². The van der Waals surface area contributed by atoms with Gasteiger partial charge >= 0.3 is 6.09 Å². The summed E-state index contributed by atoms with van der Waals surface area (Å²) >= 11 is 0. The maximum absolute atomic E-state index is 10.9. The highest BCUT2D eigenvalue weighted by Gasteiger charge is 2.42. The minimum Gasteiger partial charge on any atom is -0.453 e. The second kappa shape index (κ2) is 3.28. The lowest BCUT2D eigenvalue weighted by molar-refractivity contribution is 0.0101. The van der Waals surface area contributed by atoms with Gasteiger partial charge in [0.25, 0.3) is 0 Å². The lowest BCUT2D eigenvalue weighted by atomic mass is 9.93. The van der Waals surface area contributed by atoms with Gasteiger partial charge in [0.2, 0.25) is 0 Å². The molecule has 0 aromatic rings. The summed E-state index contributed by atoms with van der Waals surface area (Å²) in [5, 5.41) is 0. The SMILES string of the molecule is COCC1(N)CN(C(=O)OC)C1. The molecule has 0 radical (unpaired) electrons. The van der Waals surface area contributed by atoms with Gasteiger partial charge in [-0.15, -0.1) is 0 Å². The molecule has 0 bridgehead atoms. The molecule has 5 heteroatoms. The molecule has 70 valence electrons. The van der Waals surface area contributed by atoms with Gasteiger partial charge in [-0.3, -0.25) is 0 Å². The lowest BCUT2D eigenvalue weighted by Crippen LogP contribution is -2.70. The Hall–Kier alpha value is -0.810. The van der Waals surface area contributed by atoms with Gasteiger partial charge in [-0.25, -0.2) is 4.79 Å². The van der Waals surface area contributed by atoms with Crippen LogP contribution < -0.4 is 5.73 Å². The van der Waals surface area contributed by atoms with Crippen LogP contribution in [0.1, 0.15) is 0 Å². The van der Waals surface area contributed by atoms with Crippen molar-refractivity contribution in [3.8, 4) is 0 Å². The van der Waals surface area contributed by atoms with Crippen molar-refractivity contribution in [1.29, 1.82) is 0 Å². The van der Waals surface area contributed by atoms with E-state index in [2.05, 4.69) is 4.74 Å². The maximum Gasteiger partial charge on any atom is 0.409 e. The molecule has 1 aliphatic heterocycles. The van der Waals surface area contributed by atoms with Gasteiger partial charge < -0.3 is 20.1 Å². The fraction of sp³-hybridized carbons (Fsp3) is 0.857. The van der Waals surface area contributed by atoms with E-state index in [1.807, 2.05) is 0 Å². The van der Waals surface area contributed by atoms with Gasteiger partial charge in [0.1, 0.15) is 0 Å². The molecule has 1 heterocycles. The molecule has 0 spiro atoms. The summed E-state index contributed by atoms with van der Waals surface area (Å²) in [5.74, 6) is 0. The van der Waals surface area contributed by atoms with Gasteiger partial charge in [0, 0.05) is 20.2 Å². The number of likely N-dealkylation sites (tertiary alicyclic amines) is 1. The average molecular weight is 174 g/mol. The largest absolute Gasteiger partial charge is 0.453 e. The highest BCUT2D eigenvalue weighted by Crippen LogP contribution is 2.18. The van der Waals surface area contributed by atoms with Crippen molar-refractivity contribution >= 4 is 6.09 Å². The van der Waals surface area contributed by atoms with Crippen LogP contribution in [-0.4, -0.2) is 50.4 Å². The Morgan fingerprint density at radius 3 is 2.58 bits per heavy atom. The summed E-state index contributed by atoms with van der Waals surface area (Å²) in [6, 6.07) is 0. The van der Waals surface area contributed by atoms with Crippen molar-refractivity contribution in [2.24, 2.45) is 5.73 Å². The topological polar surface area (TPSA) is 64.8 Å². The standard InChI is InChI=1S/C7H14N2O3/c1-11-5-7(8)3-9(4-7)6(10)12-2/h3-5,8H2,1-2H3. The van der Waals surface area contributed by atoms with E-state index < -0.39 is 0 Å². The molecule has 0 unspecified atom stereocenters. The van der Waals surface area contributed by atoms with E-state index in [0.29, 0.717) is 19.7 Å². The van der Waals surface area contributed by atoms with Crippen LogP contribution in [0.2, 0.25) is 0 Å². The predicted molar refractivity (Wildman–Crippen MR) is 42.8 cm³/mol. The predicted octanol–water partition coefficient (Wildman–Crippen LogP) is -0.588. The second-order valence-corrected chi connectivity index (χ2v) is 3.12. The van der Waals surface area contributed by atoms with Crippen LogP contribution in [0.4, 0.5) is 4.79 Å². The maximum atomic E-state index is 10.9. The summed E-state index contributed by atoms with van der Waals surface area (Å²) in [6.45, 7) is 1.49. The fourth-order valence-electron chi connectivity index (χ4n) is 1.35. The zero-order chi connectivity index (χ0) is 9.19. The van der Waals surface area contributed by atoms with Gasteiger partial charge in [0.15, 0.2) is 0 Å². The van der Waals surface area contributed by atoms with Crippen LogP contribution in [0.3, 0.4) is 0 Å². The molecular weight excluding hydrogens is 160 g/mol. The Balaban J connectivity index is 2.31. The Labute approximate surface area is 71.4 Å². The summed E-state index contributed by atoms with van der Waals surface area (Å²) in [5.41, 5.74) is 5.45. The summed E-state index contributed by atoms with van der Waals surface area (Å²) < 4.78 is 9.42.